The van der Waals surface area contributed by atoms with Crippen LogP contribution in [0.5, 0.6) is 0 Å². The van der Waals surface area contributed by atoms with Gasteiger partial charge in [0.2, 0.25) is 0 Å². The van der Waals surface area contributed by atoms with E-state index >= 15 is 0 Å². The van der Waals surface area contributed by atoms with Crippen LogP contribution < -0.4 is 5.32 Å². The lowest BCUT2D eigenvalue weighted by molar-refractivity contribution is 0.0333. The summed E-state index contributed by atoms with van der Waals surface area (Å²) in [5.74, 6) is 0. The summed E-state index contributed by atoms with van der Waals surface area (Å²) in [6.45, 7) is 4.81. The highest BCUT2D eigenvalue weighted by atomic mass is 16.5. The van der Waals surface area contributed by atoms with Crippen LogP contribution in [-0.4, -0.2) is 25.3 Å². The molecule has 0 amide bonds. The fourth-order valence-corrected chi connectivity index (χ4v) is 3.44. The van der Waals surface area contributed by atoms with Crippen LogP contribution in [0.1, 0.15) is 65.2 Å². The normalized spacial score (nSPS) is 34.8. The van der Waals surface area contributed by atoms with E-state index in [4.69, 9.17) is 4.74 Å². The lowest BCUT2D eigenvalue weighted by atomic mass is 9.75. The first kappa shape index (κ1) is 13.4. The molecular weight excluding hydrogens is 210 g/mol. The van der Waals surface area contributed by atoms with Crippen molar-refractivity contribution in [2.75, 3.05) is 7.11 Å². The maximum Gasteiger partial charge on any atom is 0.0724 e. The van der Waals surface area contributed by atoms with E-state index in [1.165, 1.54) is 51.4 Å². The second kappa shape index (κ2) is 5.71. The number of hydrogen-bond donors (Lipinski definition) is 1. The first-order valence-electron chi connectivity index (χ1n) is 7.39. The van der Waals surface area contributed by atoms with Crippen LogP contribution in [-0.2, 0) is 4.74 Å². The standard InChI is InChI=1S/C15H29NO/c1-15(2)10-8-12(9-11-15)16-13-6-4-5-7-14(13)17-3/h12-14,16H,4-11H2,1-3H3. The van der Waals surface area contributed by atoms with Crippen LogP contribution in [0.15, 0.2) is 0 Å². The Morgan fingerprint density at radius 3 is 2.29 bits per heavy atom. The fourth-order valence-electron chi connectivity index (χ4n) is 3.44. The Morgan fingerprint density at radius 1 is 1.00 bits per heavy atom. The van der Waals surface area contributed by atoms with E-state index in [9.17, 15) is 0 Å². The molecule has 0 aromatic heterocycles. The lowest BCUT2D eigenvalue weighted by Gasteiger charge is -2.39. The summed E-state index contributed by atoms with van der Waals surface area (Å²) >= 11 is 0. The summed E-state index contributed by atoms with van der Waals surface area (Å²) in [7, 11) is 1.87. The van der Waals surface area contributed by atoms with Crippen LogP contribution in [0.3, 0.4) is 0 Å². The first-order chi connectivity index (χ1) is 8.11. The molecule has 2 saturated carbocycles. The van der Waals surface area contributed by atoms with Crippen molar-refractivity contribution in [3.63, 3.8) is 0 Å². The van der Waals surface area contributed by atoms with Crippen LogP contribution >= 0.6 is 0 Å². The van der Waals surface area contributed by atoms with E-state index in [0.29, 0.717) is 17.6 Å². The largest absolute Gasteiger partial charge is 0.380 e. The molecule has 2 aliphatic carbocycles. The highest BCUT2D eigenvalue weighted by molar-refractivity contribution is 4.88. The third kappa shape index (κ3) is 3.69. The molecule has 100 valence electrons. The second-order valence-corrected chi connectivity index (χ2v) is 6.77. The van der Waals surface area contributed by atoms with Gasteiger partial charge >= 0.3 is 0 Å². The number of rotatable bonds is 3. The summed E-state index contributed by atoms with van der Waals surface area (Å²) in [4.78, 5) is 0. The molecular formula is C15H29NO. The van der Waals surface area contributed by atoms with Gasteiger partial charge in [0.05, 0.1) is 6.10 Å². The van der Waals surface area contributed by atoms with Crippen molar-refractivity contribution in [1.29, 1.82) is 0 Å². The van der Waals surface area contributed by atoms with Crippen LogP contribution in [0.4, 0.5) is 0 Å². The minimum atomic E-state index is 0.457. The number of hydrogen-bond acceptors (Lipinski definition) is 2. The molecule has 0 bridgehead atoms. The highest BCUT2D eigenvalue weighted by Gasteiger charge is 2.31. The zero-order valence-electron chi connectivity index (χ0n) is 11.8. The molecule has 2 heteroatoms. The predicted octanol–water partition coefficient (Wildman–Crippen LogP) is 3.50. The molecule has 1 N–H and O–H groups in total. The van der Waals surface area contributed by atoms with Crippen LogP contribution in [0.25, 0.3) is 0 Å². The number of methoxy groups -OCH3 is 1. The fraction of sp³-hybridized carbons (Fsp3) is 1.00. The van der Waals surface area contributed by atoms with E-state index < -0.39 is 0 Å². The third-order valence-electron chi connectivity index (χ3n) is 4.79. The van der Waals surface area contributed by atoms with Gasteiger partial charge in [-0.15, -0.1) is 0 Å². The summed E-state index contributed by atoms with van der Waals surface area (Å²) in [5.41, 5.74) is 0.575. The number of nitrogens with one attached hydrogen (secondary N) is 1. The third-order valence-corrected chi connectivity index (χ3v) is 4.79. The average molecular weight is 239 g/mol. The predicted molar refractivity (Wildman–Crippen MR) is 72.2 cm³/mol. The van der Waals surface area contributed by atoms with E-state index in [2.05, 4.69) is 19.2 Å². The van der Waals surface area contributed by atoms with Gasteiger partial charge in [-0.25, -0.2) is 0 Å². The van der Waals surface area contributed by atoms with Gasteiger partial charge in [0, 0.05) is 19.2 Å². The van der Waals surface area contributed by atoms with Crippen molar-refractivity contribution < 1.29 is 4.74 Å². The average Bonchev–Trinajstić information content (AvgIpc) is 2.32. The molecule has 17 heavy (non-hydrogen) atoms. The Bertz CT molecular complexity index is 229. The molecule has 2 nitrogen and oxygen atoms in total. The highest BCUT2D eigenvalue weighted by Crippen LogP contribution is 2.35. The first-order valence-corrected chi connectivity index (χ1v) is 7.39. The van der Waals surface area contributed by atoms with E-state index in [1.807, 2.05) is 7.11 Å². The van der Waals surface area contributed by atoms with Gasteiger partial charge in [0.25, 0.3) is 0 Å². The molecule has 0 aliphatic heterocycles. The molecule has 2 rings (SSSR count). The van der Waals surface area contributed by atoms with Gasteiger partial charge in [0.15, 0.2) is 0 Å². The summed E-state index contributed by atoms with van der Waals surface area (Å²) in [6, 6.07) is 1.35. The van der Waals surface area contributed by atoms with Gasteiger partial charge in [0.1, 0.15) is 0 Å². The van der Waals surface area contributed by atoms with Crippen molar-refractivity contribution in [2.45, 2.75) is 83.4 Å². The van der Waals surface area contributed by atoms with E-state index in [-0.39, 0.29) is 0 Å². The van der Waals surface area contributed by atoms with Crippen molar-refractivity contribution in [3.8, 4) is 0 Å². The smallest absolute Gasteiger partial charge is 0.0724 e. The van der Waals surface area contributed by atoms with Gasteiger partial charge < -0.3 is 10.1 Å². The van der Waals surface area contributed by atoms with Gasteiger partial charge in [-0.05, 0) is 43.9 Å². The zero-order valence-corrected chi connectivity index (χ0v) is 11.8. The Labute approximate surface area is 107 Å². The van der Waals surface area contributed by atoms with Gasteiger partial charge in [-0.3, -0.25) is 0 Å². The Morgan fingerprint density at radius 2 is 1.65 bits per heavy atom. The molecule has 0 heterocycles. The molecule has 2 unspecified atom stereocenters. The summed E-state index contributed by atoms with van der Waals surface area (Å²) in [5, 5.41) is 3.87. The van der Waals surface area contributed by atoms with E-state index in [1.54, 1.807) is 0 Å². The minimum Gasteiger partial charge on any atom is -0.380 e. The van der Waals surface area contributed by atoms with Gasteiger partial charge in [-0.1, -0.05) is 26.7 Å². The summed E-state index contributed by atoms with van der Waals surface area (Å²) < 4.78 is 5.62. The maximum atomic E-state index is 5.62. The van der Waals surface area contributed by atoms with Crippen LogP contribution in [0.2, 0.25) is 0 Å². The second-order valence-electron chi connectivity index (χ2n) is 6.77. The van der Waals surface area contributed by atoms with Crippen LogP contribution in [0, 0.1) is 5.41 Å². The summed E-state index contributed by atoms with van der Waals surface area (Å²) in [6.07, 6.45) is 11.2. The molecule has 0 aromatic carbocycles. The molecule has 2 aliphatic rings. The molecule has 0 aromatic rings. The zero-order chi connectivity index (χ0) is 12.3. The maximum absolute atomic E-state index is 5.62. The molecule has 0 spiro atoms. The molecule has 2 atom stereocenters. The topological polar surface area (TPSA) is 21.3 Å². The van der Waals surface area contributed by atoms with E-state index in [0.717, 1.165) is 6.04 Å². The van der Waals surface area contributed by atoms with Crippen molar-refractivity contribution >= 4 is 0 Å². The Hall–Kier alpha value is -0.0800. The SMILES string of the molecule is COC1CCCCC1NC1CCC(C)(C)CC1. The monoisotopic (exact) mass is 239 g/mol. The molecule has 2 fully saturated rings. The lowest BCUT2D eigenvalue weighted by Crippen LogP contribution is -2.49. The van der Waals surface area contributed by atoms with Crippen molar-refractivity contribution in [3.05, 3.63) is 0 Å². The molecule has 0 saturated heterocycles. The van der Waals surface area contributed by atoms with Crippen molar-refractivity contribution in [1.82, 2.24) is 5.32 Å². The Balaban J connectivity index is 1.80. The number of ether oxygens (including phenoxy) is 1. The van der Waals surface area contributed by atoms with Gasteiger partial charge in [-0.2, -0.15) is 0 Å². The molecule has 0 radical (unpaired) electrons. The quantitative estimate of drug-likeness (QED) is 0.814. The minimum absolute atomic E-state index is 0.457. The Kier molecular flexibility index (Phi) is 4.48. The van der Waals surface area contributed by atoms with Crippen molar-refractivity contribution in [2.24, 2.45) is 5.41 Å².